The van der Waals surface area contributed by atoms with E-state index in [9.17, 15) is 14.7 Å². The van der Waals surface area contributed by atoms with E-state index in [2.05, 4.69) is 17.0 Å². The number of carboxylic acids is 1. The highest BCUT2D eigenvalue weighted by molar-refractivity contribution is 6.03. The van der Waals surface area contributed by atoms with Crippen LogP contribution in [-0.4, -0.2) is 22.3 Å². The standard InChI is InChI=1S/C41H32O7/c42-40(43)37-22-12-30(23-28-7-3-1-4-8-28)25-38(37)41(44)48-36-20-16-33(17-21-36)32-14-18-35(19-15-32)47-39-26-31(11-13-34(39)27-46-45)24-29-9-5-2-6-10-29/h1-22,25-26,45H,23-24,27H2,(H,42,43). The van der Waals surface area contributed by atoms with Gasteiger partial charge in [-0.3, -0.25) is 5.26 Å². The zero-order valence-electron chi connectivity index (χ0n) is 25.9. The molecule has 6 rings (SSSR count). The monoisotopic (exact) mass is 636 g/mol. The molecule has 0 aromatic heterocycles. The lowest BCUT2D eigenvalue weighted by atomic mass is 9.99. The molecule has 0 radical (unpaired) electrons. The van der Waals surface area contributed by atoms with E-state index in [4.69, 9.17) is 14.7 Å². The van der Waals surface area contributed by atoms with Gasteiger partial charge in [0.05, 0.1) is 11.1 Å². The van der Waals surface area contributed by atoms with Crippen LogP contribution in [0.1, 0.15) is 48.5 Å². The van der Waals surface area contributed by atoms with E-state index < -0.39 is 11.9 Å². The molecule has 7 nitrogen and oxygen atoms in total. The van der Waals surface area contributed by atoms with Gasteiger partial charge in [-0.25, -0.2) is 14.5 Å². The summed E-state index contributed by atoms with van der Waals surface area (Å²) in [6.45, 7) is -0.00724. The predicted octanol–water partition coefficient (Wildman–Crippen LogP) is 9.23. The van der Waals surface area contributed by atoms with Gasteiger partial charge in [0, 0.05) is 5.56 Å². The average Bonchev–Trinajstić information content (AvgIpc) is 3.11. The largest absolute Gasteiger partial charge is 0.478 e. The first-order chi connectivity index (χ1) is 23.4. The molecule has 0 spiro atoms. The quantitative estimate of drug-likeness (QED) is 0.0597. The molecule has 0 fully saturated rings. The first-order valence-electron chi connectivity index (χ1n) is 15.4. The minimum Gasteiger partial charge on any atom is -0.478 e. The van der Waals surface area contributed by atoms with Crippen LogP contribution in [0.3, 0.4) is 0 Å². The van der Waals surface area contributed by atoms with Gasteiger partial charge < -0.3 is 14.6 Å². The van der Waals surface area contributed by atoms with Crippen LogP contribution in [0.4, 0.5) is 0 Å². The number of aromatic carboxylic acids is 1. The summed E-state index contributed by atoms with van der Waals surface area (Å²) in [6, 6.07) is 45.0. The maximum Gasteiger partial charge on any atom is 0.344 e. The van der Waals surface area contributed by atoms with Crippen LogP contribution in [0.15, 0.2) is 146 Å². The van der Waals surface area contributed by atoms with Crippen LogP contribution in [-0.2, 0) is 24.3 Å². The molecule has 6 aromatic rings. The fraction of sp³-hybridized carbons (Fsp3) is 0.0732. The van der Waals surface area contributed by atoms with E-state index in [-0.39, 0.29) is 17.7 Å². The highest BCUT2D eigenvalue weighted by atomic mass is 17.1. The predicted molar refractivity (Wildman–Crippen MR) is 183 cm³/mol. The second-order valence-electron chi connectivity index (χ2n) is 11.3. The maximum absolute atomic E-state index is 13.1. The molecule has 0 amide bonds. The van der Waals surface area contributed by atoms with Crippen LogP contribution in [0.25, 0.3) is 11.1 Å². The fourth-order valence-corrected chi connectivity index (χ4v) is 5.43. The fourth-order valence-electron chi connectivity index (χ4n) is 5.43. The zero-order valence-corrected chi connectivity index (χ0v) is 25.9. The summed E-state index contributed by atoms with van der Waals surface area (Å²) in [5.74, 6) is -0.441. The lowest BCUT2D eigenvalue weighted by Gasteiger charge is -2.13. The number of esters is 1. The summed E-state index contributed by atoms with van der Waals surface area (Å²) >= 11 is 0. The van der Waals surface area contributed by atoms with Gasteiger partial charge in [0.1, 0.15) is 23.9 Å². The molecule has 0 atom stereocenters. The molecular formula is C41H32O7. The van der Waals surface area contributed by atoms with Gasteiger partial charge in [0.2, 0.25) is 0 Å². The highest BCUT2D eigenvalue weighted by Gasteiger charge is 2.19. The van der Waals surface area contributed by atoms with Gasteiger partial charge >= 0.3 is 11.9 Å². The van der Waals surface area contributed by atoms with Crippen molar-refractivity contribution in [1.29, 1.82) is 0 Å². The van der Waals surface area contributed by atoms with Crippen molar-refractivity contribution in [1.82, 2.24) is 0 Å². The number of ether oxygens (including phenoxy) is 2. The molecule has 6 aromatic carbocycles. The van der Waals surface area contributed by atoms with E-state index in [0.717, 1.165) is 34.2 Å². The van der Waals surface area contributed by atoms with Crippen molar-refractivity contribution in [2.75, 3.05) is 0 Å². The van der Waals surface area contributed by atoms with Crippen molar-refractivity contribution in [3.63, 3.8) is 0 Å². The van der Waals surface area contributed by atoms with Crippen molar-refractivity contribution < 1.29 is 34.3 Å². The molecule has 7 heteroatoms. The van der Waals surface area contributed by atoms with Crippen molar-refractivity contribution in [3.05, 3.63) is 185 Å². The lowest BCUT2D eigenvalue weighted by molar-refractivity contribution is -0.253. The zero-order chi connectivity index (χ0) is 33.3. The molecule has 2 N–H and O–H groups in total. The third-order valence-corrected chi connectivity index (χ3v) is 7.87. The van der Waals surface area contributed by atoms with Crippen LogP contribution < -0.4 is 9.47 Å². The number of benzene rings is 6. The van der Waals surface area contributed by atoms with Crippen molar-refractivity contribution in [3.8, 4) is 28.4 Å². The van der Waals surface area contributed by atoms with Gasteiger partial charge in [-0.15, -0.1) is 0 Å². The Bertz CT molecular complexity index is 2000. The summed E-state index contributed by atoms with van der Waals surface area (Å²) in [4.78, 5) is 29.4. The normalized spacial score (nSPS) is 10.8. The molecule has 0 bridgehead atoms. The summed E-state index contributed by atoms with van der Waals surface area (Å²) < 4.78 is 11.8. The molecule has 0 saturated carbocycles. The Labute approximate surface area is 278 Å². The van der Waals surface area contributed by atoms with Gasteiger partial charge in [-0.2, -0.15) is 0 Å². The molecule has 48 heavy (non-hydrogen) atoms. The Balaban J connectivity index is 1.14. The van der Waals surface area contributed by atoms with Crippen LogP contribution in [0, 0.1) is 0 Å². The Morgan fingerprint density at radius 3 is 1.65 bits per heavy atom. The number of carbonyl (C=O) groups excluding carboxylic acids is 1. The molecule has 0 saturated heterocycles. The highest BCUT2D eigenvalue weighted by Crippen LogP contribution is 2.31. The second kappa shape index (κ2) is 15.0. The van der Waals surface area contributed by atoms with E-state index in [1.807, 2.05) is 103 Å². The topological polar surface area (TPSA) is 102 Å². The third kappa shape index (κ3) is 8.03. The Morgan fingerprint density at radius 1 is 0.542 bits per heavy atom. The summed E-state index contributed by atoms with van der Waals surface area (Å²) in [5, 5.41) is 18.8. The SMILES string of the molecule is O=C(O)c1ccc(Cc2ccccc2)cc1C(=O)Oc1ccc(-c2ccc(Oc3cc(Cc4ccccc4)ccc3COO)cc2)cc1. The van der Waals surface area contributed by atoms with Crippen molar-refractivity contribution in [2.24, 2.45) is 0 Å². The summed E-state index contributed by atoms with van der Waals surface area (Å²) in [7, 11) is 0. The summed E-state index contributed by atoms with van der Waals surface area (Å²) in [6.07, 6.45) is 1.29. The van der Waals surface area contributed by atoms with Gasteiger partial charge in [0.15, 0.2) is 0 Å². The average molecular weight is 637 g/mol. The first-order valence-corrected chi connectivity index (χ1v) is 15.4. The molecule has 0 aliphatic carbocycles. The van der Waals surface area contributed by atoms with E-state index in [1.54, 1.807) is 24.3 Å². The van der Waals surface area contributed by atoms with Crippen LogP contribution >= 0.6 is 0 Å². The maximum atomic E-state index is 13.1. The molecule has 0 aliphatic heterocycles. The Kier molecular flexibility index (Phi) is 10.0. The van der Waals surface area contributed by atoms with Crippen LogP contribution in [0.5, 0.6) is 17.2 Å². The Hall–Kier alpha value is -6.02. The molecule has 0 aliphatic rings. The van der Waals surface area contributed by atoms with Crippen molar-refractivity contribution >= 4 is 11.9 Å². The van der Waals surface area contributed by atoms with E-state index >= 15 is 0 Å². The van der Waals surface area contributed by atoms with Crippen LogP contribution in [0.2, 0.25) is 0 Å². The third-order valence-electron chi connectivity index (χ3n) is 7.87. The number of rotatable bonds is 12. The summed E-state index contributed by atoms with van der Waals surface area (Å²) in [5.41, 5.74) is 6.48. The lowest BCUT2D eigenvalue weighted by Crippen LogP contribution is -2.14. The minimum absolute atomic E-state index is 0.00472. The minimum atomic E-state index is -1.20. The molecule has 0 unspecified atom stereocenters. The molecule has 238 valence electrons. The van der Waals surface area contributed by atoms with Gasteiger partial charge in [-0.1, -0.05) is 103 Å². The number of hydrogen-bond donors (Lipinski definition) is 2. The van der Waals surface area contributed by atoms with Gasteiger partial charge in [0.25, 0.3) is 0 Å². The first kappa shape index (κ1) is 31.9. The molecular weight excluding hydrogens is 604 g/mol. The second-order valence-corrected chi connectivity index (χ2v) is 11.3. The van der Waals surface area contributed by atoms with Crippen molar-refractivity contribution in [2.45, 2.75) is 19.4 Å². The van der Waals surface area contributed by atoms with E-state index in [1.165, 1.54) is 11.6 Å². The molecule has 0 heterocycles. The number of hydrogen-bond acceptors (Lipinski definition) is 6. The number of carbonyl (C=O) groups is 2. The van der Waals surface area contributed by atoms with E-state index in [0.29, 0.717) is 29.2 Å². The number of carboxylic acid groups (broad SMARTS) is 1. The Morgan fingerprint density at radius 2 is 1.08 bits per heavy atom. The smallest absolute Gasteiger partial charge is 0.344 e. The van der Waals surface area contributed by atoms with Gasteiger partial charge in [-0.05, 0) is 88.7 Å².